The van der Waals surface area contributed by atoms with Crippen molar-refractivity contribution in [2.24, 2.45) is 0 Å². The van der Waals surface area contributed by atoms with Crippen molar-refractivity contribution in [2.45, 2.75) is 24.4 Å². The molecule has 6 nitrogen and oxygen atoms in total. The Morgan fingerprint density at radius 2 is 0.875 bits per heavy atom. The van der Waals surface area contributed by atoms with Gasteiger partial charge in [0.15, 0.2) is 19.7 Å². The van der Waals surface area contributed by atoms with Gasteiger partial charge in [-0.2, -0.15) is 0 Å². The van der Waals surface area contributed by atoms with Crippen LogP contribution in [-0.2, 0) is 29.1 Å². The number of sulfone groups is 2. The van der Waals surface area contributed by atoms with Gasteiger partial charge >= 0.3 is 0 Å². The summed E-state index contributed by atoms with van der Waals surface area (Å²) in [6, 6.07) is 0. The predicted molar refractivity (Wildman–Crippen MR) is 54.6 cm³/mol. The Labute approximate surface area is 93.8 Å². The summed E-state index contributed by atoms with van der Waals surface area (Å²) in [4.78, 5) is 0. The zero-order valence-electron chi connectivity index (χ0n) is 8.40. The summed E-state index contributed by atoms with van der Waals surface area (Å²) in [5.41, 5.74) is 0. The molecule has 3 aliphatic heterocycles. The van der Waals surface area contributed by atoms with Crippen molar-refractivity contribution in [3.05, 3.63) is 0 Å². The minimum atomic E-state index is -3.09. The van der Waals surface area contributed by atoms with Crippen molar-refractivity contribution >= 4 is 19.7 Å². The quantitative estimate of drug-likeness (QED) is 0.524. The first-order chi connectivity index (χ1) is 7.35. The molecule has 0 N–H and O–H groups in total. The Kier molecular flexibility index (Phi) is 2.18. The Bertz CT molecular complexity index is 427. The van der Waals surface area contributed by atoms with E-state index in [9.17, 15) is 16.8 Å². The lowest BCUT2D eigenvalue weighted by Crippen LogP contribution is -2.47. The standard InChI is InChI=1S/C8H12O6S2/c9-15(10)1-5-6(2-15)14-8-4-16(11,12)3-7(8)13-5/h5-8H,1-4H2/t5-,6-,7-,8+/m1/s1. The highest BCUT2D eigenvalue weighted by Crippen LogP contribution is 2.32. The van der Waals surface area contributed by atoms with E-state index in [1.165, 1.54) is 0 Å². The molecule has 0 aromatic heterocycles. The summed E-state index contributed by atoms with van der Waals surface area (Å²) < 4.78 is 56.5. The molecule has 0 aromatic rings. The van der Waals surface area contributed by atoms with E-state index in [2.05, 4.69) is 0 Å². The van der Waals surface area contributed by atoms with Crippen LogP contribution < -0.4 is 0 Å². The van der Waals surface area contributed by atoms with Crippen molar-refractivity contribution < 1.29 is 26.3 Å². The van der Waals surface area contributed by atoms with Gasteiger partial charge in [0.25, 0.3) is 0 Å². The molecule has 0 aliphatic carbocycles. The number of hydrogen-bond acceptors (Lipinski definition) is 6. The van der Waals surface area contributed by atoms with Crippen LogP contribution in [0.5, 0.6) is 0 Å². The van der Waals surface area contributed by atoms with Crippen molar-refractivity contribution in [3.63, 3.8) is 0 Å². The van der Waals surface area contributed by atoms with E-state index in [1.807, 2.05) is 0 Å². The third kappa shape index (κ3) is 1.77. The molecular formula is C8H12O6S2. The molecule has 8 heteroatoms. The number of ether oxygens (including phenoxy) is 2. The lowest BCUT2D eigenvalue weighted by atomic mass is 10.1. The predicted octanol–water partition coefficient (Wildman–Crippen LogP) is -1.64. The van der Waals surface area contributed by atoms with Crippen LogP contribution in [-0.4, -0.2) is 64.3 Å². The van der Waals surface area contributed by atoms with Gasteiger partial charge < -0.3 is 9.47 Å². The van der Waals surface area contributed by atoms with Gasteiger partial charge in [0, 0.05) is 0 Å². The molecule has 0 amide bonds. The summed E-state index contributed by atoms with van der Waals surface area (Å²) in [7, 11) is -6.18. The van der Waals surface area contributed by atoms with Crippen LogP contribution in [0.2, 0.25) is 0 Å². The van der Waals surface area contributed by atoms with E-state index in [0.717, 1.165) is 0 Å². The molecule has 0 bridgehead atoms. The van der Waals surface area contributed by atoms with Crippen LogP contribution in [0, 0.1) is 0 Å². The fraction of sp³-hybridized carbons (Fsp3) is 1.00. The van der Waals surface area contributed by atoms with Crippen LogP contribution in [0.25, 0.3) is 0 Å². The molecule has 3 fully saturated rings. The molecule has 3 aliphatic rings. The second kappa shape index (κ2) is 3.18. The largest absolute Gasteiger partial charge is 0.367 e. The highest BCUT2D eigenvalue weighted by Gasteiger charge is 2.51. The highest BCUT2D eigenvalue weighted by molar-refractivity contribution is 7.92. The van der Waals surface area contributed by atoms with Crippen molar-refractivity contribution in [1.29, 1.82) is 0 Å². The van der Waals surface area contributed by atoms with Crippen LogP contribution in [0.4, 0.5) is 0 Å². The van der Waals surface area contributed by atoms with Crippen molar-refractivity contribution in [3.8, 4) is 0 Å². The fourth-order valence-corrected chi connectivity index (χ4v) is 5.97. The lowest BCUT2D eigenvalue weighted by Gasteiger charge is -2.33. The third-order valence-corrected chi connectivity index (χ3v) is 6.55. The minimum absolute atomic E-state index is 0.0546. The zero-order chi connectivity index (χ0) is 11.6. The second-order valence-electron chi connectivity index (χ2n) is 4.58. The van der Waals surface area contributed by atoms with Gasteiger partial charge in [-0.15, -0.1) is 0 Å². The molecule has 4 atom stereocenters. The molecule has 92 valence electrons. The molecular weight excluding hydrogens is 256 g/mol. The van der Waals surface area contributed by atoms with Crippen LogP contribution in [0.3, 0.4) is 0 Å². The first-order valence-corrected chi connectivity index (χ1v) is 8.71. The van der Waals surface area contributed by atoms with Gasteiger partial charge in [-0.05, 0) is 0 Å². The Morgan fingerprint density at radius 1 is 0.625 bits per heavy atom. The first-order valence-electron chi connectivity index (χ1n) is 5.06. The SMILES string of the molecule is O=S1(=O)C[C@@H]2O[C@@H]3CS(=O)(=O)C[C@H]3O[C@@H]2C1. The maximum atomic E-state index is 11.4. The molecule has 0 saturated carbocycles. The smallest absolute Gasteiger partial charge is 0.155 e. The van der Waals surface area contributed by atoms with Gasteiger partial charge in [0.2, 0.25) is 0 Å². The average molecular weight is 268 g/mol. The molecule has 0 unspecified atom stereocenters. The second-order valence-corrected chi connectivity index (χ2v) is 8.89. The molecule has 3 heterocycles. The minimum Gasteiger partial charge on any atom is -0.367 e. The summed E-state index contributed by atoms with van der Waals surface area (Å²) in [6.45, 7) is 0. The highest BCUT2D eigenvalue weighted by atomic mass is 32.2. The molecule has 0 spiro atoms. The van der Waals surface area contributed by atoms with Gasteiger partial charge in [-0.25, -0.2) is 16.8 Å². The maximum Gasteiger partial charge on any atom is 0.155 e. The Hall–Kier alpha value is -0.180. The van der Waals surface area contributed by atoms with Crippen LogP contribution in [0.15, 0.2) is 0 Å². The average Bonchev–Trinajstić information content (AvgIpc) is 2.51. The normalized spacial score (nSPS) is 48.5. The van der Waals surface area contributed by atoms with Crippen LogP contribution in [0.1, 0.15) is 0 Å². The zero-order valence-corrected chi connectivity index (χ0v) is 10.0. The monoisotopic (exact) mass is 268 g/mol. The van der Waals surface area contributed by atoms with E-state index in [0.29, 0.717) is 0 Å². The summed E-state index contributed by atoms with van der Waals surface area (Å²) in [6.07, 6.45) is -1.95. The summed E-state index contributed by atoms with van der Waals surface area (Å²) in [5.74, 6) is -0.219. The molecule has 3 saturated heterocycles. The fourth-order valence-electron chi connectivity index (χ4n) is 2.52. The van der Waals surface area contributed by atoms with E-state index in [4.69, 9.17) is 9.47 Å². The van der Waals surface area contributed by atoms with Gasteiger partial charge in [0.1, 0.15) is 0 Å². The van der Waals surface area contributed by atoms with E-state index in [1.54, 1.807) is 0 Å². The van der Waals surface area contributed by atoms with E-state index in [-0.39, 0.29) is 23.0 Å². The molecule has 16 heavy (non-hydrogen) atoms. The Balaban J connectivity index is 1.83. The van der Waals surface area contributed by atoms with Crippen LogP contribution >= 0.6 is 0 Å². The van der Waals surface area contributed by atoms with E-state index < -0.39 is 44.1 Å². The maximum absolute atomic E-state index is 11.4. The molecule has 3 rings (SSSR count). The summed E-state index contributed by atoms with van der Waals surface area (Å²) in [5, 5.41) is 0. The topological polar surface area (TPSA) is 86.7 Å². The summed E-state index contributed by atoms with van der Waals surface area (Å²) >= 11 is 0. The lowest BCUT2D eigenvalue weighted by molar-refractivity contribution is -0.184. The number of hydrogen-bond donors (Lipinski definition) is 0. The van der Waals surface area contributed by atoms with Crippen molar-refractivity contribution in [1.82, 2.24) is 0 Å². The van der Waals surface area contributed by atoms with Gasteiger partial charge in [-0.1, -0.05) is 0 Å². The van der Waals surface area contributed by atoms with Gasteiger partial charge in [-0.3, -0.25) is 0 Å². The molecule has 0 aromatic carbocycles. The van der Waals surface area contributed by atoms with Crippen molar-refractivity contribution in [2.75, 3.05) is 23.0 Å². The Morgan fingerprint density at radius 3 is 1.12 bits per heavy atom. The first kappa shape index (κ1) is 10.9. The number of rotatable bonds is 0. The number of fused-ring (bicyclic) bond motifs is 2. The molecule has 0 radical (unpaired) electrons. The third-order valence-electron chi connectivity index (χ3n) is 3.20. The van der Waals surface area contributed by atoms with E-state index >= 15 is 0 Å². The van der Waals surface area contributed by atoms with Gasteiger partial charge in [0.05, 0.1) is 47.4 Å².